The van der Waals surface area contributed by atoms with E-state index in [4.69, 9.17) is 5.73 Å². The van der Waals surface area contributed by atoms with Gasteiger partial charge in [0.15, 0.2) is 0 Å². The molecular formula is C12H21N5O2. The van der Waals surface area contributed by atoms with Gasteiger partial charge >= 0.3 is 5.69 Å². The van der Waals surface area contributed by atoms with Crippen molar-refractivity contribution >= 4 is 17.5 Å². The Morgan fingerprint density at radius 3 is 2.84 bits per heavy atom. The van der Waals surface area contributed by atoms with Crippen LogP contribution in [0.1, 0.15) is 46.0 Å². The molecule has 0 fully saturated rings. The van der Waals surface area contributed by atoms with E-state index in [1.807, 2.05) is 6.92 Å². The molecule has 0 aliphatic heterocycles. The van der Waals surface area contributed by atoms with Gasteiger partial charge in [0.2, 0.25) is 11.8 Å². The monoisotopic (exact) mass is 267 g/mol. The Morgan fingerprint density at radius 2 is 2.21 bits per heavy atom. The average Bonchev–Trinajstić information content (AvgIpc) is 2.34. The van der Waals surface area contributed by atoms with Crippen LogP contribution in [0.25, 0.3) is 0 Å². The summed E-state index contributed by atoms with van der Waals surface area (Å²) in [4.78, 5) is 17.9. The Balaban J connectivity index is 2.60. The van der Waals surface area contributed by atoms with Crippen LogP contribution >= 0.6 is 0 Å². The molecule has 1 atom stereocenters. The zero-order valence-corrected chi connectivity index (χ0v) is 11.4. The first-order valence-electron chi connectivity index (χ1n) is 6.58. The molecule has 0 saturated carbocycles. The van der Waals surface area contributed by atoms with Gasteiger partial charge in [-0.3, -0.25) is 10.1 Å². The summed E-state index contributed by atoms with van der Waals surface area (Å²) in [5, 5.41) is 13.9. The molecule has 0 aliphatic carbocycles. The van der Waals surface area contributed by atoms with Crippen molar-refractivity contribution in [2.24, 2.45) is 0 Å². The maximum absolute atomic E-state index is 10.9. The van der Waals surface area contributed by atoms with Gasteiger partial charge in [-0.25, -0.2) is 4.98 Å². The number of unbranched alkanes of at least 4 members (excludes halogenated alkanes) is 3. The number of nitrogens with one attached hydrogen (secondary N) is 1. The number of nitrogens with two attached hydrogens (primary N) is 1. The highest BCUT2D eigenvalue weighted by Crippen LogP contribution is 2.22. The third kappa shape index (κ3) is 5.07. The van der Waals surface area contributed by atoms with Crippen LogP contribution in [0.2, 0.25) is 0 Å². The van der Waals surface area contributed by atoms with Gasteiger partial charge in [0, 0.05) is 6.04 Å². The maximum atomic E-state index is 10.9. The molecule has 1 unspecified atom stereocenters. The first kappa shape index (κ1) is 15.1. The normalized spacial score (nSPS) is 12.1. The molecule has 0 amide bonds. The van der Waals surface area contributed by atoms with Crippen LogP contribution in [0.15, 0.2) is 6.20 Å². The molecule has 0 radical (unpaired) electrons. The second-order valence-electron chi connectivity index (χ2n) is 4.61. The molecule has 1 aromatic heterocycles. The van der Waals surface area contributed by atoms with Crippen LogP contribution in [0.5, 0.6) is 0 Å². The number of nitrogen functional groups attached to an aromatic ring is 1. The fourth-order valence-electron chi connectivity index (χ4n) is 1.81. The molecule has 106 valence electrons. The minimum atomic E-state index is -0.508. The van der Waals surface area contributed by atoms with E-state index < -0.39 is 4.92 Å². The van der Waals surface area contributed by atoms with Gasteiger partial charge < -0.3 is 11.1 Å². The summed E-state index contributed by atoms with van der Waals surface area (Å²) in [7, 11) is 0. The fourth-order valence-corrected chi connectivity index (χ4v) is 1.81. The van der Waals surface area contributed by atoms with Crippen LogP contribution < -0.4 is 11.1 Å². The van der Waals surface area contributed by atoms with Crippen LogP contribution in [0.4, 0.5) is 17.5 Å². The van der Waals surface area contributed by atoms with Crippen molar-refractivity contribution in [3.63, 3.8) is 0 Å². The molecule has 0 aliphatic rings. The smallest absolute Gasteiger partial charge is 0.329 e. The average molecular weight is 267 g/mol. The largest absolute Gasteiger partial charge is 0.368 e. The summed E-state index contributed by atoms with van der Waals surface area (Å²) in [6.07, 6.45) is 6.76. The fraction of sp³-hybridized carbons (Fsp3) is 0.667. The second-order valence-corrected chi connectivity index (χ2v) is 4.61. The molecule has 1 aromatic rings. The Labute approximate surface area is 112 Å². The van der Waals surface area contributed by atoms with E-state index in [0.29, 0.717) is 0 Å². The molecule has 1 rings (SSSR count). The zero-order chi connectivity index (χ0) is 14.3. The van der Waals surface area contributed by atoms with E-state index in [1.54, 1.807) is 0 Å². The highest BCUT2D eigenvalue weighted by atomic mass is 16.6. The van der Waals surface area contributed by atoms with Crippen molar-refractivity contribution in [3.8, 4) is 0 Å². The lowest BCUT2D eigenvalue weighted by Gasteiger charge is -2.14. The van der Waals surface area contributed by atoms with E-state index in [0.717, 1.165) is 19.0 Å². The predicted octanol–water partition coefficient (Wildman–Crippen LogP) is 2.74. The molecule has 3 N–H and O–H groups in total. The topological polar surface area (TPSA) is 107 Å². The predicted molar refractivity (Wildman–Crippen MR) is 74.9 cm³/mol. The van der Waals surface area contributed by atoms with Crippen molar-refractivity contribution in [3.05, 3.63) is 16.3 Å². The molecule has 0 bridgehead atoms. The summed E-state index contributed by atoms with van der Waals surface area (Å²) in [5.74, 6) is 0.228. The molecule has 19 heavy (non-hydrogen) atoms. The van der Waals surface area contributed by atoms with E-state index in [-0.39, 0.29) is 23.5 Å². The van der Waals surface area contributed by atoms with Gasteiger partial charge in [-0.1, -0.05) is 32.6 Å². The molecule has 7 heteroatoms. The summed E-state index contributed by atoms with van der Waals surface area (Å²) in [5.41, 5.74) is 5.31. The Bertz CT molecular complexity index is 425. The number of aromatic nitrogens is 2. The van der Waals surface area contributed by atoms with Crippen LogP contribution in [-0.2, 0) is 0 Å². The van der Waals surface area contributed by atoms with E-state index in [2.05, 4.69) is 22.2 Å². The van der Waals surface area contributed by atoms with Crippen molar-refractivity contribution in [2.75, 3.05) is 11.1 Å². The molecule has 0 saturated heterocycles. The van der Waals surface area contributed by atoms with Crippen LogP contribution in [-0.4, -0.2) is 20.9 Å². The van der Waals surface area contributed by atoms with Gasteiger partial charge in [-0.15, -0.1) is 0 Å². The minimum Gasteiger partial charge on any atom is -0.368 e. The Kier molecular flexibility index (Phi) is 5.98. The summed E-state index contributed by atoms with van der Waals surface area (Å²) >= 11 is 0. The van der Waals surface area contributed by atoms with Gasteiger partial charge in [0.05, 0.1) is 4.92 Å². The third-order valence-electron chi connectivity index (χ3n) is 2.86. The number of hydrogen-bond acceptors (Lipinski definition) is 6. The van der Waals surface area contributed by atoms with Gasteiger partial charge in [0.1, 0.15) is 6.20 Å². The van der Waals surface area contributed by atoms with Crippen LogP contribution in [0.3, 0.4) is 0 Å². The lowest BCUT2D eigenvalue weighted by atomic mass is 10.1. The summed E-state index contributed by atoms with van der Waals surface area (Å²) in [6.45, 7) is 4.14. The maximum Gasteiger partial charge on any atom is 0.329 e. The molecule has 1 heterocycles. The quantitative estimate of drug-likeness (QED) is 0.426. The molecule has 0 aromatic carbocycles. The molecule has 7 nitrogen and oxygen atoms in total. The SMILES string of the molecule is CCCCCCC(C)Nc1nc(N)ncc1[N+](=O)[O-]. The molecule has 0 spiro atoms. The summed E-state index contributed by atoms with van der Waals surface area (Å²) in [6, 6.07) is 0.116. The number of nitro groups is 1. The van der Waals surface area contributed by atoms with Crippen LogP contribution in [0, 0.1) is 10.1 Å². The number of nitrogens with zero attached hydrogens (tertiary/aromatic N) is 3. The molecular weight excluding hydrogens is 246 g/mol. The number of anilines is 2. The minimum absolute atomic E-state index is 0.0336. The summed E-state index contributed by atoms with van der Waals surface area (Å²) < 4.78 is 0. The van der Waals surface area contributed by atoms with Crippen molar-refractivity contribution in [2.45, 2.75) is 52.0 Å². The highest BCUT2D eigenvalue weighted by Gasteiger charge is 2.18. The van der Waals surface area contributed by atoms with E-state index in [1.165, 1.54) is 19.3 Å². The van der Waals surface area contributed by atoms with E-state index in [9.17, 15) is 10.1 Å². The standard InChI is InChI=1S/C12H21N5O2/c1-3-4-5-6-7-9(2)15-11-10(17(18)19)8-14-12(13)16-11/h8-9H,3-7H2,1-2H3,(H3,13,14,15,16). The first-order valence-corrected chi connectivity index (χ1v) is 6.58. The number of hydrogen-bond donors (Lipinski definition) is 2. The van der Waals surface area contributed by atoms with Crippen molar-refractivity contribution in [1.82, 2.24) is 9.97 Å². The zero-order valence-electron chi connectivity index (χ0n) is 11.4. The second kappa shape index (κ2) is 7.50. The first-order chi connectivity index (χ1) is 9.04. The Morgan fingerprint density at radius 1 is 1.47 bits per heavy atom. The lowest BCUT2D eigenvalue weighted by Crippen LogP contribution is -2.17. The highest BCUT2D eigenvalue weighted by molar-refractivity contribution is 5.56. The van der Waals surface area contributed by atoms with Gasteiger partial charge in [0.25, 0.3) is 0 Å². The van der Waals surface area contributed by atoms with E-state index >= 15 is 0 Å². The van der Waals surface area contributed by atoms with Gasteiger partial charge in [-0.05, 0) is 13.3 Å². The number of rotatable bonds is 8. The third-order valence-corrected chi connectivity index (χ3v) is 2.86. The van der Waals surface area contributed by atoms with Crippen molar-refractivity contribution < 1.29 is 4.92 Å². The Hall–Kier alpha value is -1.92. The van der Waals surface area contributed by atoms with Gasteiger partial charge in [-0.2, -0.15) is 4.98 Å². The van der Waals surface area contributed by atoms with Crippen molar-refractivity contribution in [1.29, 1.82) is 0 Å². The lowest BCUT2D eigenvalue weighted by molar-refractivity contribution is -0.384.